The van der Waals surface area contributed by atoms with Crippen LogP contribution < -0.4 is 15.6 Å². The van der Waals surface area contributed by atoms with E-state index in [4.69, 9.17) is 4.52 Å². The molecule has 0 aliphatic heterocycles. The molecule has 7 heteroatoms. The number of anilines is 1. The van der Waals surface area contributed by atoms with Gasteiger partial charge < -0.3 is 5.32 Å². The second-order valence-corrected chi connectivity index (χ2v) is 6.13. The third kappa shape index (κ3) is 3.75. The number of thioether (sulfide) groups is 1. The van der Waals surface area contributed by atoms with E-state index in [9.17, 15) is 9.59 Å². The number of hydrogen-bond donors (Lipinski definition) is 2. The normalized spacial score (nSPS) is 10.5. The Morgan fingerprint density at radius 2 is 2.00 bits per heavy atom. The van der Waals surface area contributed by atoms with Crippen molar-refractivity contribution in [3.05, 3.63) is 70.6 Å². The summed E-state index contributed by atoms with van der Waals surface area (Å²) in [6.45, 7) is 1.96. The Balaban J connectivity index is 1.70. The molecule has 1 heterocycles. The average Bonchev–Trinajstić information content (AvgIpc) is 2.94. The maximum absolute atomic E-state index is 12.1. The lowest BCUT2D eigenvalue weighted by Crippen LogP contribution is -2.36. The van der Waals surface area contributed by atoms with Gasteiger partial charge in [0.05, 0.1) is 5.75 Å². The third-order valence-corrected chi connectivity index (χ3v) is 4.29. The number of H-pyrrole nitrogens is 1. The Labute approximate surface area is 142 Å². The van der Waals surface area contributed by atoms with Crippen LogP contribution in [0.2, 0.25) is 0 Å². The third-order valence-electron chi connectivity index (χ3n) is 3.26. The fourth-order valence-corrected chi connectivity index (χ4v) is 2.96. The molecule has 3 aromatic rings. The Bertz CT molecular complexity index is 903. The molecule has 0 fully saturated rings. The van der Waals surface area contributed by atoms with E-state index in [0.717, 1.165) is 28.7 Å². The SMILES string of the molecule is Cc1cccc(NC(=O)CSc2c(=O)o[nH][n+]2-c2ccccc2)c1. The molecule has 6 nitrogen and oxygen atoms in total. The summed E-state index contributed by atoms with van der Waals surface area (Å²) >= 11 is 1.12. The van der Waals surface area contributed by atoms with E-state index in [2.05, 4.69) is 10.6 Å². The maximum atomic E-state index is 12.1. The summed E-state index contributed by atoms with van der Waals surface area (Å²) in [7, 11) is 0. The van der Waals surface area contributed by atoms with Crippen LogP contribution in [0.25, 0.3) is 5.69 Å². The van der Waals surface area contributed by atoms with E-state index in [1.165, 1.54) is 4.68 Å². The van der Waals surface area contributed by atoms with E-state index in [-0.39, 0.29) is 11.7 Å². The first-order valence-electron chi connectivity index (χ1n) is 7.32. The summed E-state index contributed by atoms with van der Waals surface area (Å²) in [4.78, 5) is 24.0. The molecule has 2 N–H and O–H groups in total. The van der Waals surface area contributed by atoms with Crippen molar-refractivity contribution in [2.45, 2.75) is 11.9 Å². The molecule has 24 heavy (non-hydrogen) atoms. The fourth-order valence-electron chi connectivity index (χ4n) is 2.19. The van der Waals surface area contributed by atoms with E-state index in [1.807, 2.05) is 61.5 Å². The standard InChI is InChI=1S/C17H15N3O3S/c1-12-6-5-7-13(10-12)18-15(21)11-24-16-17(22)23-19-20(16)14-8-3-2-4-9-14/h2-10H,11H2,1H3,(H-,18,19,21,22)/p+1. The molecule has 0 spiro atoms. The topological polar surface area (TPSA) is 79.0 Å². The second-order valence-electron chi connectivity index (χ2n) is 5.16. The number of aromatic nitrogens is 2. The molecule has 0 saturated heterocycles. The molecule has 0 unspecified atom stereocenters. The average molecular weight is 342 g/mol. The van der Waals surface area contributed by atoms with Gasteiger partial charge >= 0.3 is 10.7 Å². The number of carbonyl (C=O) groups excluding carboxylic acids is 1. The number of amides is 1. The number of benzene rings is 2. The van der Waals surface area contributed by atoms with Gasteiger partial charge in [-0.05, 0) is 46.3 Å². The zero-order valence-electron chi connectivity index (χ0n) is 13.0. The first-order chi connectivity index (χ1) is 11.6. The van der Waals surface area contributed by atoms with Gasteiger partial charge in [-0.2, -0.15) is 0 Å². The molecule has 0 aliphatic carbocycles. The molecule has 0 radical (unpaired) electrons. The van der Waals surface area contributed by atoms with Gasteiger partial charge in [0, 0.05) is 17.8 Å². The minimum absolute atomic E-state index is 0.101. The molecule has 1 amide bonds. The van der Waals surface area contributed by atoms with Crippen molar-refractivity contribution < 1.29 is 14.0 Å². The summed E-state index contributed by atoms with van der Waals surface area (Å²) < 4.78 is 6.37. The summed E-state index contributed by atoms with van der Waals surface area (Å²) in [5.74, 6) is -0.0885. The van der Waals surface area contributed by atoms with Crippen LogP contribution in [0.5, 0.6) is 0 Å². The molecular weight excluding hydrogens is 326 g/mol. The van der Waals surface area contributed by atoms with Gasteiger partial charge in [-0.15, -0.1) is 0 Å². The van der Waals surface area contributed by atoms with Gasteiger partial charge in [-0.25, -0.2) is 4.79 Å². The van der Waals surface area contributed by atoms with Crippen LogP contribution in [0, 0.1) is 6.92 Å². The van der Waals surface area contributed by atoms with Crippen LogP contribution in [-0.2, 0) is 4.79 Å². The zero-order chi connectivity index (χ0) is 16.9. The lowest BCUT2D eigenvalue weighted by atomic mass is 10.2. The molecule has 0 bridgehead atoms. The second kappa shape index (κ2) is 7.18. The van der Waals surface area contributed by atoms with Crippen molar-refractivity contribution >= 4 is 23.4 Å². The number of carbonyl (C=O) groups is 1. The van der Waals surface area contributed by atoms with E-state index in [1.54, 1.807) is 0 Å². The van der Waals surface area contributed by atoms with Gasteiger partial charge in [-0.3, -0.25) is 9.32 Å². The van der Waals surface area contributed by atoms with Gasteiger partial charge in [-0.1, -0.05) is 30.3 Å². The largest absolute Gasteiger partial charge is 0.442 e. The van der Waals surface area contributed by atoms with Gasteiger partial charge in [0.2, 0.25) is 11.6 Å². The Hall–Kier alpha value is -2.80. The number of aryl methyl sites for hydroxylation is 1. The summed E-state index contributed by atoms with van der Waals surface area (Å²) in [5.41, 5.74) is 2.04. The molecule has 0 atom stereocenters. The number of nitrogens with zero attached hydrogens (tertiary/aromatic N) is 1. The number of para-hydroxylation sites is 1. The van der Waals surface area contributed by atoms with E-state index >= 15 is 0 Å². The number of aromatic amines is 1. The zero-order valence-corrected chi connectivity index (χ0v) is 13.8. The smallest absolute Gasteiger partial charge is 0.325 e. The Kier molecular flexibility index (Phi) is 4.81. The minimum atomic E-state index is -0.507. The van der Waals surface area contributed by atoms with E-state index < -0.39 is 5.63 Å². The number of hydrogen-bond acceptors (Lipinski definition) is 4. The van der Waals surface area contributed by atoms with Crippen LogP contribution in [0.4, 0.5) is 5.69 Å². The predicted molar refractivity (Wildman–Crippen MR) is 91.4 cm³/mol. The molecular formula is C17H16N3O3S+. The summed E-state index contributed by atoms with van der Waals surface area (Å²) in [6, 6.07) is 16.8. The Morgan fingerprint density at radius 1 is 1.21 bits per heavy atom. The van der Waals surface area contributed by atoms with Gasteiger partial charge in [0.1, 0.15) is 0 Å². The van der Waals surface area contributed by atoms with Crippen LogP contribution in [0.3, 0.4) is 0 Å². The van der Waals surface area contributed by atoms with Gasteiger partial charge in [0.15, 0.2) is 0 Å². The van der Waals surface area contributed by atoms with Gasteiger partial charge in [0.25, 0.3) is 0 Å². The van der Waals surface area contributed by atoms with Crippen molar-refractivity contribution in [3.8, 4) is 5.69 Å². The highest BCUT2D eigenvalue weighted by molar-refractivity contribution is 7.99. The van der Waals surface area contributed by atoms with E-state index in [0.29, 0.717) is 5.03 Å². The molecule has 122 valence electrons. The van der Waals surface area contributed by atoms with Crippen LogP contribution in [-0.4, -0.2) is 16.9 Å². The van der Waals surface area contributed by atoms with Crippen molar-refractivity contribution in [3.63, 3.8) is 0 Å². The summed E-state index contributed by atoms with van der Waals surface area (Å²) in [5, 5.41) is 5.68. The first-order valence-corrected chi connectivity index (χ1v) is 8.30. The monoisotopic (exact) mass is 342 g/mol. The number of nitrogens with one attached hydrogen (secondary N) is 2. The Morgan fingerprint density at radius 3 is 2.75 bits per heavy atom. The highest BCUT2D eigenvalue weighted by Crippen LogP contribution is 2.13. The molecule has 1 aromatic heterocycles. The first kappa shape index (κ1) is 16.1. The quantitative estimate of drug-likeness (QED) is 0.551. The molecule has 0 aliphatic rings. The van der Waals surface area contributed by atoms with Crippen LogP contribution >= 0.6 is 11.8 Å². The highest BCUT2D eigenvalue weighted by Gasteiger charge is 2.24. The minimum Gasteiger partial charge on any atom is -0.325 e. The molecule has 0 saturated carbocycles. The van der Waals surface area contributed by atoms with Crippen LogP contribution in [0.15, 0.2) is 68.9 Å². The van der Waals surface area contributed by atoms with Crippen molar-refractivity contribution in [1.82, 2.24) is 5.27 Å². The highest BCUT2D eigenvalue weighted by atomic mass is 32.2. The lowest BCUT2D eigenvalue weighted by Gasteiger charge is -2.04. The molecule has 2 aromatic carbocycles. The fraction of sp³-hybridized carbons (Fsp3) is 0.118. The predicted octanol–water partition coefficient (Wildman–Crippen LogP) is 2.28. The number of rotatable bonds is 5. The molecule has 3 rings (SSSR count). The lowest BCUT2D eigenvalue weighted by molar-refractivity contribution is -0.704. The van der Waals surface area contributed by atoms with Crippen LogP contribution in [0.1, 0.15) is 5.56 Å². The van der Waals surface area contributed by atoms with Crippen molar-refractivity contribution in [1.29, 1.82) is 0 Å². The van der Waals surface area contributed by atoms with Crippen molar-refractivity contribution in [2.24, 2.45) is 0 Å². The van der Waals surface area contributed by atoms with Crippen molar-refractivity contribution in [2.75, 3.05) is 11.1 Å². The summed E-state index contributed by atoms with van der Waals surface area (Å²) in [6.07, 6.45) is 0. The maximum Gasteiger partial charge on any atom is 0.442 e.